The van der Waals surface area contributed by atoms with Crippen LogP contribution < -0.4 is 14.8 Å². The molecular weight excluding hydrogens is 328 g/mol. The van der Waals surface area contributed by atoms with Crippen molar-refractivity contribution in [3.63, 3.8) is 0 Å². The molecule has 2 aromatic carbocycles. The molecule has 0 heterocycles. The van der Waals surface area contributed by atoms with Crippen LogP contribution >= 0.6 is 0 Å². The summed E-state index contributed by atoms with van der Waals surface area (Å²) in [6.07, 6.45) is 2.65. The zero-order chi connectivity index (χ0) is 17.4. The third-order valence-corrected chi connectivity index (χ3v) is 3.65. The van der Waals surface area contributed by atoms with Gasteiger partial charge in [0.1, 0.15) is 12.0 Å². The molecule has 24 heavy (non-hydrogen) atoms. The van der Waals surface area contributed by atoms with E-state index in [0.717, 1.165) is 12.8 Å². The molecule has 1 atom stereocenters. The van der Waals surface area contributed by atoms with Gasteiger partial charge in [0.25, 0.3) is 11.3 Å². The number of rotatable bonds is 9. The molecular formula is C17H20N2O4S. The van der Waals surface area contributed by atoms with Crippen LogP contribution in [0.15, 0.2) is 42.5 Å². The number of nitrogens with one attached hydrogen (secondary N) is 2. The van der Waals surface area contributed by atoms with Crippen LogP contribution in [0.3, 0.4) is 0 Å². The molecule has 0 amide bonds. The number of para-hydroxylation sites is 1. The summed E-state index contributed by atoms with van der Waals surface area (Å²) in [4.78, 5) is 11.2. The lowest BCUT2D eigenvalue weighted by atomic mass is 10.1. The SMILES string of the molecule is CCCCNc1cc(C=O)cc(NS(=O)O)c1Oc1ccccc1. The van der Waals surface area contributed by atoms with Crippen LogP contribution in [0.5, 0.6) is 11.5 Å². The van der Waals surface area contributed by atoms with E-state index in [1.807, 2.05) is 18.2 Å². The van der Waals surface area contributed by atoms with Gasteiger partial charge in [-0.2, -0.15) is 0 Å². The van der Waals surface area contributed by atoms with E-state index in [4.69, 9.17) is 9.29 Å². The molecule has 7 heteroatoms. The Morgan fingerprint density at radius 3 is 2.54 bits per heavy atom. The minimum Gasteiger partial charge on any atom is -0.453 e. The lowest BCUT2D eigenvalue weighted by molar-refractivity contribution is 0.112. The lowest BCUT2D eigenvalue weighted by Crippen LogP contribution is -2.08. The smallest absolute Gasteiger partial charge is 0.259 e. The van der Waals surface area contributed by atoms with E-state index in [2.05, 4.69) is 17.0 Å². The molecule has 0 radical (unpaired) electrons. The van der Waals surface area contributed by atoms with Crippen molar-refractivity contribution in [3.8, 4) is 11.5 Å². The van der Waals surface area contributed by atoms with Crippen molar-refractivity contribution in [3.05, 3.63) is 48.0 Å². The molecule has 0 aliphatic rings. The molecule has 1 unspecified atom stereocenters. The van der Waals surface area contributed by atoms with Gasteiger partial charge in [-0.05, 0) is 30.7 Å². The third kappa shape index (κ3) is 5.07. The molecule has 0 bridgehead atoms. The second-order valence-electron chi connectivity index (χ2n) is 5.11. The molecule has 6 nitrogen and oxygen atoms in total. The van der Waals surface area contributed by atoms with Gasteiger partial charge in [0.2, 0.25) is 0 Å². The van der Waals surface area contributed by atoms with Crippen molar-refractivity contribution in [2.75, 3.05) is 16.6 Å². The number of carbonyl (C=O) groups excluding carboxylic acids is 1. The van der Waals surface area contributed by atoms with E-state index < -0.39 is 11.3 Å². The summed E-state index contributed by atoms with van der Waals surface area (Å²) in [5, 5.41) is 3.22. The molecule has 0 aromatic heterocycles. The number of unbranched alkanes of at least 4 members (excludes halogenated alkanes) is 1. The first-order valence-corrected chi connectivity index (χ1v) is 8.72. The van der Waals surface area contributed by atoms with Crippen LogP contribution in [-0.4, -0.2) is 21.6 Å². The number of hydrogen-bond acceptors (Lipinski definition) is 4. The van der Waals surface area contributed by atoms with Crippen molar-refractivity contribution in [2.24, 2.45) is 0 Å². The number of anilines is 2. The van der Waals surface area contributed by atoms with E-state index in [-0.39, 0.29) is 5.69 Å². The molecule has 0 saturated carbocycles. The molecule has 0 fully saturated rings. The molecule has 3 N–H and O–H groups in total. The average molecular weight is 348 g/mol. The monoisotopic (exact) mass is 348 g/mol. The van der Waals surface area contributed by atoms with Gasteiger partial charge in [-0.15, -0.1) is 0 Å². The van der Waals surface area contributed by atoms with Gasteiger partial charge >= 0.3 is 0 Å². The summed E-state index contributed by atoms with van der Waals surface area (Å²) >= 11 is -2.28. The maximum atomic E-state index is 11.2. The van der Waals surface area contributed by atoms with Gasteiger partial charge in [-0.1, -0.05) is 31.5 Å². The number of aldehydes is 1. The first-order chi connectivity index (χ1) is 11.6. The van der Waals surface area contributed by atoms with Crippen LogP contribution in [-0.2, 0) is 11.3 Å². The van der Waals surface area contributed by atoms with E-state index in [1.165, 1.54) is 6.07 Å². The molecule has 2 aromatic rings. The summed E-state index contributed by atoms with van der Waals surface area (Å²) in [5.74, 6) is 0.951. The number of carbonyl (C=O) groups is 1. The van der Waals surface area contributed by atoms with Crippen LogP contribution in [0, 0.1) is 0 Å². The van der Waals surface area contributed by atoms with Gasteiger partial charge in [-0.3, -0.25) is 14.1 Å². The third-order valence-electron chi connectivity index (χ3n) is 3.25. The highest BCUT2D eigenvalue weighted by atomic mass is 32.2. The highest BCUT2D eigenvalue weighted by Gasteiger charge is 2.15. The van der Waals surface area contributed by atoms with Gasteiger partial charge in [0.05, 0.1) is 11.4 Å². The fourth-order valence-corrected chi connectivity index (χ4v) is 2.48. The highest BCUT2D eigenvalue weighted by Crippen LogP contribution is 2.38. The minimum atomic E-state index is -2.28. The van der Waals surface area contributed by atoms with Gasteiger partial charge in [-0.25, -0.2) is 4.21 Å². The number of ether oxygens (including phenoxy) is 1. The molecule has 0 spiro atoms. The molecule has 128 valence electrons. The molecule has 0 saturated heterocycles. The Morgan fingerprint density at radius 2 is 1.92 bits per heavy atom. The van der Waals surface area contributed by atoms with Gasteiger partial charge in [0, 0.05) is 12.1 Å². The zero-order valence-corrected chi connectivity index (χ0v) is 14.1. The first-order valence-electron chi connectivity index (χ1n) is 7.61. The van der Waals surface area contributed by atoms with E-state index in [0.29, 0.717) is 35.6 Å². The predicted octanol–water partition coefficient (Wildman–Crippen LogP) is 4.05. The maximum absolute atomic E-state index is 11.2. The van der Waals surface area contributed by atoms with E-state index >= 15 is 0 Å². The Kier molecular flexibility index (Phi) is 6.77. The Morgan fingerprint density at radius 1 is 1.21 bits per heavy atom. The second-order valence-corrected chi connectivity index (χ2v) is 5.81. The predicted molar refractivity (Wildman–Crippen MR) is 96.1 cm³/mol. The van der Waals surface area contributed by atoms with Crippen LogP contribution in [0.2, 0.25) is 0 Å². The number of benzene rings is 2. The van der Waals surface area contributed by atoms with Crippen molar-refractivity contribution >= 4 is 28.9 Å². The summed E-state index contributed by atoms with van der Waals surface area (Å²) in [6.45, 7) is 2.78. The van der Waals surface area contributed by atoms with Crippen LogP contribution in [0.4, 0.5) is 11.4 Å². The lowest BCUT2D eigenvalue weighted by Gasteiger charge is -2.17. The van der Waals surface area contributed by atoms with Crippen LogP contribution in [0.1, 0.15) is 30.1 Å². The first kappa shape index (κ1) is 18.0. The Hall–Kier alpha value is -2.38. The van der Waals surface area contributed by atoms with Crippen LogP contribution in [0.25, 0.3) is 0 Å². The Bertz CT molecular complexity index is 707. The summed E-state index contributed by atoms with van der Waals surface area (Å²) in [7, 11) is 0. The van der Waals surface area contributed by atoms with E-state index in [1.54, 1.807) is 18.2 Å². The minimum absolute atomic E-state index is 0.267. The van der Waals surface area contributed by atoms with Gasteiger partial charge in [0.15, 0.2) is 5.75 Å². The van der Waals surface area contributed by atoms with Crippen molar-refractivity contribution in [1.29, 1.82) is 0 Å². The molecule has 0 aliphatic heterocycles. The topological polar surface area (TPSA) is 87.7 Å². The average Bonchev–Trinajstić information content (AvgIpc) is 2.57. The van der Waals surface area contributed by atoms with E-state index in [9.17, 15) is 9.00 Å². The fourth-order valence-electron chi connectivity index (χ4n) is 2.14. The largest absolute Gasteiger partial charge is 0.453 e. The Balaban J connectivity index is 2.43. The molecule has 0 aliphatic carbocycles. The van der Waals surface area contributed by atoms with Crippen molar-refractivity contribution in [2.45, 2.75) is 19.8 Å². The maximum Gasteiger partial charge on any atom is 0.259 e. The zero-order valence-electron chi connectivity index (χ0n) is 13.3. The Labute approximate surface area is 143 Å². The quantitative estimate of drug-likeness (QED) is 0.361. The summed E-state index contributed by atoms with van der Waals surface area (Å²) in [5.41, 5.74) is 1.23. The normalized spacial score (nSPS) is 11.6. The highest BCUT2D eigenvalue weighted by molar-refractivity contribution is 7.80. The molecule has 2 rings (SSSR count). The number of hydrogen-bond donors (Lipinski definition) is 3. The van der Waals surface area contributed by atoms with Crippen molar-refractivity contribution in [1.82, 2.24) is 0 Å². The van der Waals surface area contributed by atoms with Crippen molar-refractivity contribution < 1.29 is 18.3 Å². The summed E-state index contributed by atoms with van der Waals surface area (Å²) < 4.78 is 28.6. The standard InChI is InChI=1S/C17H20N2O4S/c1-2-3-9-18-15-10-13(12-20)11-16(19-24(21)22)17(15)23-14-7-5-4-6-8-14/h4-8,10-12,18-19H,2-3,9H2,1H3,(H,21,22). The van der Waals surface area contributed by atoms with Gasteiger partial charge < -0.3 is 10.1 Å². The second kappa shape index (κ2) is 9.05. The summed E-state index contributed by atoms with van der Waals surface area (Å²) in [6, 6.07) is 12.2. The fraction of sp³-hybridized carbons (Fsp3) is 0.235.